The summed E-state index contributed by atoms with van der Waals surface area (Å²) in [6, 6.07) is 4.61. The Balaban J connectivity index is 3.34. The Morgan fingerprint density at radius 3 is 2.60 bits per heavy atom. The molecule has 108 valence electrons. The molecule has 0 fully saturated rings. The number of primary amides is 1. The number of carbonyl (C=O) groups is 1. The lowest BCUT2D eigenvalue weighted by atomic mass is 9.96. The first-order valence-corrected chi connectivity index (χ1v) is 6.29. The molecule has 1 atom stereocenters. The molecule has 0 aromatic heterocycles. The van der Waals surface area contributed by atoms with Crippen LogP contribution in [0.15, 0.2) is 12.1 Å². The van der Waals surface area contributed by atoms with Crippen molar-refractivity contribution in [1.82, 2.24) is 5.32 Å². The fourth-order valence-electron chi connectivity index (χ4n) is 2.11. The number of nitrogens with zero attached hydrogens (tertiary/aromatic N) is 1. The molecule has 2 amide bonds. The number of hydrogen-bond donors (Lipinski definition) is 2. The Hall–Kier alpha value is -2.42. The Kier molecular flexibility index (Phi) is 5.66. The summed E-state index contributed by atoms with van der Waals surface area (Å²) in [4.78, 5) is 11.1. The lowest BCUT2D eigenvalue weighted by molar-refractivity contribution is 0.244. The van der Waals surface area contributed by atoms with E-state index in [-0.39, 0.29) is 6.04 Å². The molecule has 1 aromatic carbocycles. The first-order chi connectivity index (χ1) is 9.58. The lowest BCUT2D eigenvalue weighted by Crippen LogP contribution is -2.33. The molecule has 20 heavy (non-hydrogen) atoms. The minimum absolute atomic E-state index is 0.327. The standard InChI is InChI=1S/C14H19N3O3/c1-4-5-11(17-14(16)18)9-6-7-12(19-2)13(20-3)10(9)8-15/h6-7,11H,4-5H2,1-3H3,(H3,16,17,18). The minimum atomic E-state index is -0.623. The number of urea groups is 1. The maximum Gasteiger partial charge on any atom is 0.312 e. The molecule has 0 aliphatic rings. The first kappa shape index (κ1) is 15.6. The van der Waals surface area contributed by atoms with Crippen LogP contribution in [0.2, 0.25) is 0 Å². The molecule has 3 N–H and O–H groups in total. The van der Waals surface area contributed by atoms with Gasteiger partial charge in [0.05, 0.1) is 20.3 Å². The molecule has 0 aliphatic carbocycles. The van der Waals surface area contributed by atoms with Gasteiger partial charge in [0.1, 0.15) is 11.6 Å². The molecule has 6 nitrogen and oxygen atoms in total. The van der Waals surface area contributed by atoms with E-state index in [2.05, 4.69) is 11.4 Å². The van der Waals surface area contributed by atoms with E-state index >= 15 is 0 Å². The van der Waals surface area contributed by atoms with Crippen LogP contribution in [-0.4, -0.2) is 20.3 Å². The van der Waals surface area contributed by atoms with Gasteiger partial charge in [0.15, 0.2) is 11.5 Å². The number of methoxy groups -OCH3 is 2. The quantitative estimate of drug-likeness (QED) is 0.831. The summed E-state index contributed by atoms with van der Waals surface area (Å²) < 4.78 is 10.4. The third kappa shape index (κ3) is 3.32. The van der Waals surface area contributed by atoms with E-state index in [0.717, 1.165) is 6.42 Å². The zero-order chi connectivity index (χ0) is 15.1. The Labute approximate surface area is 118 Å². The number of nitrogens with one attached hydrogen (secondary N) is 1. The van der Waals surface area contributed by atoms with Gasteiger partial charge in [-0.05, 0) is 18.1 Å². The van der Waals surface area contributed by atoms with Crippen LogP contribution in [0.5, 0.6) is 11.5 Å². The predicted octanol–water partition coefficient (Wildman–Crippen LogP) is 2.08. The molecule has 0 saturated carbocycles. The van der Waals surface area contributed by atoms with Crippen molar-refractivity contribution in [2.75, 3.05) is 14.2 Å². The minimum Gasteiger partial charge on any atom is -0.493 e. The fraction of sp³-hybridized carbons (Fsp3) is 0.429. The summed E-state index contributed by atoms with van der Waals surface area (Å²) in [7, 11) is 2.97. The van der Waals surface area contributed by atoms with Gasteiger partial charge in [-0.25, -0.2) is 4.79 Å². The molecule has 6 heteroatoms. The average Bonchev–Trinajstić information content (AvgIpc) is 2.44. The normalized spacial score (nSPS) is 11.3. The molecular weight excluding hydrogens is 258 g/mol. The van der Waals surface area contributed by atoms with Crippen molar-refractivity contribution in [3.63, 3.8) is 0 Å². The van der Waals surface area contributed by atoms with Crippen molar-refractivity contribution in [3.8, 4) is 17.6 Å². The van der Waals surface area contributed by atoms with E-state index < -0.39 is 6.03 Å². The zero-order valence-corrected chi connectivity index (χ0v) is 11.9. The van der Waals surface area contributed by atoms with Crippen LogP contribution in [0.3, 0.4) is 0 Å². The topological polar surface area (TPSA) is 97.4 Å². The van der Waals surface area contributed by atoms with Crippen molar-refractivity contribution in [1.29, 1.82) is 5.26 Å². The number of nitrogens with two attached hydrogens (primary N) is 1. The highest BCUT2D eigenvalue weighted by Crippen LogP contribution is 2.36. The van der Waals surface area contributed by atoms with Crippen molar-refractivity contribution in [3.05, 3.63) is 23.3 Å². The van der Waals surface area contributed by atoms with Crippen molar-refractivity contribution >= 4 is 6.03 Å². The van der Waals surface area contributed by atoms with Gasteiger partial charge in [0.25, 0.3) is 0 Å². The van der Waals surface area contributed by atoms with Crippen LogP contribution < -0.4 is 20.5 Å². The van der Waals surface area contributed by atoms with Crippen molar-refractivity contribution in [2.24, 2.45) is 5.73 Å². The molecule has 0 radical (unpaired) electrons. The summed E-state index contributed by atoms with van der Waals surface area (Å²) in [5.74, 6) is 0.835. The fourth-order valence-corrected chi connectivity index (χ4v) is 2.11. The van der Waals surface area contributed by atoms with Crippen LogP contribution in [0.25, 0.3) is 0 Å². The first-order valence-electron chi connectivity index (χ1n) is 6.29. The Morgan fingerprint density at radius 1 is 1.45 bits per heavy atom. The number of ether oxygens (including phenoxy) is 2. The smallest absolute Gasteiger partial charge is 0.312 e. The van der Waals surface area contributed by atoms with Crippen molar-refractivity contribution in [2.45, 2.75) is 25.8 Å². The largest absolute Gasteiger partial charge is 0.493 e. The van der Waals surface area contributed by atoms with Gasteiger partial charge in [-0.15, -0.1) is 0 Å². The second-order valence-corrected chi connectivity index (χ2v) is 4.23. The second kappa shape index (κ2) is 7.24. The third-order valence-electron chi connectivity index (χ3n) is 2.96. The SMILES string of the molecule is CCCC(NC(N)=O)c1ccc(OC)c(OC)c1C#N. The van der Waals surface area contributed by atoms with Gasteiger partial charge in [-0.3, -0.25) is 0 Å². The van der Waals surface area contributed by atoms with Gasteiger partial charge in [0.2, 0.25) is 0 Å². The number of benzene rings is 1. The molecular formula is C14H19N3O3. The van der Waals surface area contributed by atoms with E-state index in [4.69, 9.17) is 15.2 Å². The summed E-state index contributed by atoms with van der Waals surface area (Å²) in [5.41, 5.74) is 6.21. The number of nitriles is 1. The van der Waals surface area contributed by atoms with Gasteiger partial charge < -0.3 is 20.5 Å². The van der Waals surface area contributed by atoms with E-state index in [1.807, 2.05) is 6.92 Å². The van der Waals surface area contributed by atoms with Crippen LogP contribution >= 0.6 is 0 Å². The van der Waals surface area contributed by atoms with Crippen LogP contribution in [0, 0.1) is 11.3 Å². The predicted molar refractivity (Wildman–Crippen MR) is 74.6 cm³/mol. The molecule has 1 unspecified atom stereocenters. The lowest BCUT2D eigenvalue weighted by Gasteiger charge is -2.20. The highest BCUT2D eigenvalue weighted by Gasteiger charge is 2.21. The molecule has 1 rings (SSSR count). The van der Waals surface area contributed by atoms with Gasteiger partial charge in [0, 0.05) is 0 Å². The maximum atomic E-state index is 11.1. The van der Waals surface area contributed by atoms with Crippen LogP contribution in [0.4, 0.5) is 4.79 Å². The highest BCUT2D eigenvalue weighted by atomic mass is 16.5. The number of carbonyl (C=O) groups excluding carboxylic acids is 1. The number of hydrogen-bond acceptors (Lipinski definition) is 4. The van der Waals surface area contributed by atoms with Crippen molar-refractivity contribution < 1.29 is 14.3 Å². The van der Waals surface area contributed by atoms with Gasteiger partial charge in [-0.2, -0.15) is 5.26 Å². The molecule has 1 aromatic rings. The Morgan fingerprint density at radius 2 is 2.15 bits per heavy atom. The molecule has 0 heterocycles. The van der Waals surface area contributed by atoms with Gasteiger partial charge >= 0.3 is 6.03 Å². The van der Waals surface area contributed by atoms with E-state index in [0.29, 0.717) is 29.0 Å². The van der Waals surface area contributed by atoms with E-state index in [9.17, 15) is 10.1 Å². The van der Waals surface area contributed by atoms with Gasteiger partial charge in [-0.1, -0.05) is 19.4 Å². The molecule has 0 saturated heterocycles. The molecule has 0 aliphatic heterocycles. The highest BCUT2D eigenvalue weighted by molar-refractivity contribution is 5.72. The average molecular weight is 277 g/mol. The van der Waals surface area contributed by atoms with E-state index in [1.54, 1.807) is 12.1 Å². The molecule has 0 spiro atoms. The summed E-state index contributed by atoms with van der Waals surface area (Å²) in [6.45, 7) is 1.99. The Bertz CT molecular complexity index is 523. The number of amides is 2. The monoisotopic (exact) mass is 277 g/mol. The van der Waals surface area contributed by atoms with E-state index in [1.165, 1.54) is 14.2 Å². The van der Waals surface area contributed by atoms with Crippen LogP contribution in [0.1, 0.15) is 36.9 Å². The summed E-state index contributed by atoms with van der Waals surface area (Å²) in [6.07, 6.45) is 1.51. The zero-order valence-electron chi connectivity index (χ0n) is 11.9. The molecule has 0 bridgehead atoms. The third-order valence-corrected chi connectivity index (χ3v) is 2.96. The number of rotatable bonds is 6. The second-order valence-electron chi connectivity index (χ2n) is 4.23. The van der Waals surface area contributed by atoms with Crippen LogP contribution in [-0.2, 0) is 0 Å². The summed E-state index contributed by atoms with van der Waals surface area (Å²) in [5, 5.41) is 12.0. The maximum absolute atomic E-state index is 11.1. The summed E-state index contributed by atoms with van der Waals surface area (Å²) >= 11 is 0.